The summed E-state index contributed by atoms with van der Waals surface area (Å²) in [6.07, 6.45) is -0.0511. The van der Waals surface area contributed by atoms with Gasteiger partial charge < -0.3 is 9.47 Å². The van der Waals surface area contributed by atoms with E-state index in [1.54, 1.807) is 0 Å². The molecule has 0 saturated heterocycles. The zero-order valence-corrected chi connectivity index (χ0v) is 9.51. The zero-order valence-electron chi connectivity index (χ0n) is 9.51. The minimum atomic E-state index is -0.984. The van der Waals surface area contributed by atoms with Crippen LogP contribution >= 0.6 is 0 Å². The molecular formula is C11H10FNO5. The van der Waals surface area contributed by atoms with Crippen LogP contribution in [0.5, 0.6) is 5.75 Å². The molecule has 18 heavy (non-hydrogen) atoms. The Morgan fingerprint density at radius 1 is 1.61 bits per heavy atom. The minimum absolute atomic E-state index is 0.0511. The van der Waals surface area contributed by atoms with Crippen LogP contribution in [0.3, 0.4) is 0 Å². The van der Waals surface area contributed by atoms with E-state index in [9.17, 15) is 19.3 Å². The van der Waals surface area contributed by atoms with E-state index in [1.165, 1.54) is 13.2 Å². The molecule has 1 aromatic rings. The summed E-state index contributed by atoms with van der Waals surface area (Å²) in [5, 5.41) is 10.7. The van der Waals surface area contributed by atoms with Crippen LogP contribution in [0.25, 0.3) is 0 Å². The minimum Gasteiger partial charge on any atom is -0.483 e. The molecule has 0 bridgehead atoms. The fourth-order valence-electron chi connectivity index (χ4n) is 1.87. The second-order valence-electron chi connectivity index (χ2n) is 3.85. The van der Waals surface area contributed by atoms with E-state index in [1.807, 2.05) is 0 Å². The van der Waals surface area contributed by atoms with Crippen LogP contribution in [0.1, 0.15) is 15.9 Å². The first-order valence-electron chi connectivity index (χ1n) is 5.20. The summed E-state index contributed by atoms with van der Waals surface area (Å²) < 4.78 is 23.1. The van der Waals surface area contributed by atoms with Gasteiger partial charge in [0, 0.05) is 16.9 Å². The number of methoxy groups -OCH3 is 1. The highest BCUT2D eigenvalue weighted by atomic mass is 19.1. The monoisotopic (exact) mass is 255 g/mol. The smallest absolute Gasteiger partial charge is 0.338 e. The lowest BCUT2D eigenvalue weighted by Gasteiger charge is -2.22. The van der Waals surface area contributed by atoms with Crippen molar-refractivity contribution in [1.29, 1.82) is 0 Å². The van der Waals surface area contributed by atoms with Crippen LogP contribution in [-0.4, -0.2) is 30.7 Å². The molecule has 1 aliphatic rings. The van der Waals surface area contributed by atoms with Crippen LogP contribution in [0, 0.1) is 15.9 Å². The fourth-order valence-corrected chi connectivity index (χ4v) is 1.87. The number of rotatable bonds is 2. The molecule has 7 heteroatoms. The summed E-state index contributed by atoms with van der Waals surface area (Å²) in [5.41, 5.74) is 0.287. The predicted octanol–water partition coefficient (Wildman–Crippen LogP) is 1.19. The number of carbonyl (C=O) groups excluding carboxylic acids is 1. The fraction of sp³-hybridized carbons (Fsp3) is 0.364. The largest absolute Gasteiger partial charge is 0.483 e. The van der Waals surface area contributed by atoms with Gasteiger partial charge in [0.2, 0.25) is 0 Å². The Kier molecular flexibility index (Phi) is 3.14. The van der Waals surface area contributed by atoms with Crippen molar-refractivity contribution in [1.82, 2.24) is 0 Å². The highest BCUT2D eigenvalue weighted by Gasteiger charge is 2.33. The lowest BCUT2D eigenvalue weighted by Crippen LogP contribution is -2.34. The van der Waals surface area contributed by atoms with Gasteiger partial charge in [-0.15, -0.1) is 0 Å². The van der Waals surface area contributed by atoms with E-state index in [0.717, 1.165) is 6.07 Å². The van der Waals surface area contributed by atoms with Gasteiger partial charge in [0.15, 0.2) is 18.2 Å². The van der Waals surface area contributed by atoms with Crippen molar-refractivity contribution < 1.29 is 23.6 Å². The van der Waals surface area contributed by atoms with E-state index in [0.29, 0.717) is 0 Å². The van der Waals surface area contributed by atoms with Crippen molar-refractivity contribution in [2.24, 2.45) is 0 Å². The van der Waals surface area contributed by atoms with Crippen molar-refractivity contribution in [3.63, 3.8) is 0 Å². The Morgan fingerprint density at radius 2 is 2.33 bits per heavy atom. The third-order valence-electron chi connectivity index (χ3n) is 2.78. The summed E-state index contributed by atoms with van der Waals surface area (Å²) in [6, 6.07) is 1.34. The van der Waals surface area contributed by atoms with E-state index in [2.05, 4.69) is 4.74 Å². The van der Waals surface area contributed by atoms with Gasteiger partial charge in [-0.1, -0.05) is 0 Å². The summed E-state index contributed by atoms with van der Waals surface area (Å²) in [7, 11) is 1.19. The number of hydrogen-bond acceptors (Lipinski definition) is 5. The van der Waals surface area contributed by atoms with E-state index >= 15 is 0 Å². The molecule has 2 rings (SSSR count). The molecule has 1 unspecified atom stereocenters. The highest BCUT2D eigenvalue weighted by molar-refractivity contribution is 5.92. The standard InChI is InChI=1S/C11H10FNO5/c1-17-11(14)7-2-3-9(12)10-8(7)4-6(5-18-10)13(15)16/h2-3,6H,4-5H2,1H3. The molecule has 0 fully saturated rings. The molecule has 0 amide bonds. The lowest BCUT2D eigenvalue weighted by molar-refractivity contribution is -0.525. The third kappa shape index (κ3) is 1.99. The molecule has 1 aromatic carbocycles. The molecule has 1 atom stereocenters. The predicted molar refractivity (Wildman–Crippen MR) is 57.7 cm³/mol. The van der Waals surface area contributed by atoms with E-state index in [4.69, 9.17) is 4.74 Å². The lowest BCUT2D eigenvalue weighted by atomic mass is 9.97. The first kappa shape index (κ1) is 12.3. The normalized spacial score (nSPS) is 17.6. The maximum absolute atomic E-state index is 13.5. The molecule has 1 heterocycles. The van der Waals surface area contributed by atoms with Gasteiger partial charge >= 0.3 is 5.97 Å². The van der Waals surface area contributed by atoms with Gasteiger partial charge in [-0.2, -0.15) is 0 Å². The van der Waals surface area contributed by atoms with Crippen molar-refractivity contribution in [2.45, 2.75) is 12.5 Å². The Labute approximate surface area is 101 Å². The number of hydrogen-bond donors (Lipinski definition) is 0. The molecule has 96 valence electrons. The van der Waals surface area contributed by atoms with Crippen molar-refractivity contribution >= 4 is 5.97 Å². The topological polar surface area (TPSA) is 78.7 Å². The maximum Gasteiger partial charge on any atom is 0.338 e. The van der Waals surface area contributed by atoms with Crippen molar-refractivity contribution in [3.05, 3.63) is 39.2 Å². The molecule has 0 aliphatic carbocycles. The number of nitrogens with zero attached hydrogens (tertiary/aromatic N) is 1. The first-order valence-corrected chi connectivity index (χ1v) is 5.20. The summed E-state index contributed by atoms with van der Waals surface area (Å²) in [6.45, 7) is -0.207. The van der Waals surface area contributed by atoms with Crippen LogP contribution in [-0.2, 0) is 11.2 Å². The Bertz CT molecular complexity index is 516. The second-order valence-corrected chi connectivity index (χ2v) is 3.85. The van der Waals surface area contributed by atoms with Gasteiger partial charge in [0.05, 0.1) is 12.7 Å². The van der Waals surface area contributed by atoms with Crippen LogP contribution in [0.2, 0.25) is 0 Å². The second kappa shape index (κ2) is 4.59. The Morgan fingerprint density at radius 3 is 2.94 bits per heavy atom. The summed E-state index contributed by atoms with van der Waals surface area (Å²) in [4.78, 5) is 21.7. The first-order chi connectivity index (χ1) is 8.54. The van der Waals surface area contributed by atoms with Crippen LogP contribution in [0.15, 0.2) is 12.1 Å². The zero-order chi connectivity index (χ0) is 13.3. The molecule has 1 aliphatic heterocycles. The van der Waals surface area contributed by atoms with Gasteiger partial charge in [0.25, 0.3) is 6.04 Å². The Hall–Kier alpha value is -2.18. The number of carbonyl (C=O) groups is 1. The van der Waals surface area contributed by atoms with Crippen LogP contribution in [0.4, 0.5) is 4.39 Å². The number of benzene rings is 1. The van der Waals surface area contributed by atoms with E-state index in [-0.39, 0.29) is 29.9 Å². The molecule has 0 N–H and O–H groups in total. The summed E-state index contributed by atoms with van der Waals surface area (Å²) >= 11 is 0. The van der Waals surface area contributed by atoms with E-state index < -0.39 is 22.8 Å². The molecule has 6 nitrogen and oxygen atoms in total. The molecule has 0 aromatic heterocycles. The molecule has 0 radical (unpaired) electrons. The average molecular weight is 255 g/mol. The Balaban J connectivity index is 2.48. The third-order valence-corrected chi connectivity index (χ3v) is 2.78. The molecule has 0 spiro atoms. The van der Waals surface area contributed by atoms with Gasteiger partial charge in [-0.05, 0) is 12.1 Å². The maximum atomic E-state index is 13.5. The highest BCUT2D eigenvalue weighted by Crippen LogP contribution is 2.32. The SMILES string of the molecule is COC(=O)c1ccc(F)c2c1CC([N+](=O)[O-])CO2. The number of ether oxygens (including phenoxy) is 2. The summed E-state index contributed by atoms with van der Waals surface area (Å²) in [5.74, 6) is -1.41. The number of esters is 1. The molecular weight excluding hydrogens is 245 g/mol. The quantitative estimate of drug-likeness (QED) is 0.450. The van der Waals surface area contributed by atoms with Crippen molar-refractivity contribution in [3.8, 4) is 5.75 Å². The number of nitro groups is 1. The average Bonchev–Trinajstić information content (AvgIpc) is 2.38. The number of halogens is 1. The number of fused-ring (bicyclic) bond motifs is 1. The van der Waals surface area contributed by atoms with Gasteiger partial charge in [0.1, 0.15) is 0 Å². The molecule has 0 saturated carbocycles. The van der Waals surface area contributed by atoms with Crippen molar-refractivity contribution in [2.75, 3.05) is 13.7 Å². The van der Waals surface area contributed by atoms with Gasteiger partial charge in [-0.3, -0.25) is 10.1 Å². The van der Waals surface area contributed by atoms with Crippen LogP contribution < -0.4 is 4.74 Å². The van der Waals surface area contributed by atoms with Gasteiger partial charge in [-0.25, -0.2) is 9.18 Å².